The lowest BCUT2D eigenvalue weighted by Gasteiger charge is -2.40. The third-order valence-electron chi connectivity index (χ3n) is 6.63. The number of carbonyl (C=O) groups is 1. The second kappa shape index (κ2) is 10.0. The topological polar surface area (TPSA) is 85.2 Å². The summed E-state index contributed by atoms with van der Waals surface area (Å²) in [5.74, 6) is 1.15. The van der Waals surface area contributed by atoms with Crippen LogP contribution in [0.25, 0.3) is 28.2 Å². The van der Waals surface area contributed by atoms with E-state index in [-0.39, 0.29) is 5.97 Å². The summed E-state index contributed by atoms with van der Waals surface area (Å²) in [6, 6.07) is 15.1. The Morgan fingerprint density at radius 1 is 1.08 bits per heavy atom. The molecule has 0 unspecified atom stereocenters. The first-order valence-corrected chi connectivity index (χ1v) is 12.6. The monoisotopic (exact) mass is 524 g/mol. The number of hydrogen-bond donors (Lipinski definition) is 1. The molecule has 2 aromatic carbocycles. The number of ether oxygens (including phenoxy) is 1. The number of methoxy groups -OCH3 is 1. The summed E-state index contributed by atoms with van der Waals surface area (Å²) in [7, 11) is 1.43. The lowest BCUT2D eigenvalue weighted by molar-refractivity contribution is -0.149. The fourth-order valence-electron chi connectivity index (χ4n) is 4.86. The smallest absolute Gasteiger partial charge is 0.326 e. The Morgan fingerprint density at radius 3 is 2.47 bits per heavy atom. The fraction of sp³-hybridized carbons (Fsp3) is 0.308. The standard InChI is InChI=1S/C26H26Cl2N6O2/c1-3-31-26(25(35)36-2)12-14-33(15-13-26)23-21-24(30-16-29-23)34(18-10-8-17(27)9-11-18)22(32-21)19-6-4-5-7-20(19)28/h4-11,16,31H,3,12-15H2,1-2H3. The Labute approximate surface area is 219 Å². The maximum absolute atomic E-state index is 12.6. The van der Waals surface area contributed by atoms with Gasteiger partial charge in [0.05, 0.1) is 12.1 Å². The third kappa shape index (κ3) is 4.30. The fourth-order valence-corrected chi connectivity index (χ4v) is 5.20. The lowest BCUT2D eigenvalue weighted by atomic mass is 9.87. The summed E-state index contributed by atoms with van der Waals surface area (Å²) >= 11 is 12.8. The Hall–Kier alpha value is -3.20. The number of halogens is 2. The van der Waals surface area contributed by atoms with Crippen LogP contribution in [0.5, 0.6) is 0 Å². The van der Waals surface area contributed by atoms with Gasteiger partial charge in [0.25, 0.3) is 0 Å². The van der Waals surface area contributed by atoms with Gasteiger partial charge in [0.2, 0.25) is 0 Å². The van der Waals surface area contributed by atoms with Crippen molar-refractivity contribution >= 4 is 46.2 Å². The van der Waals surface area contributed by atoms with E-state index in [1.165, 1.54) is 7.11 Å². The zero-order valence-corrected chi connectivity index (χ0v) is 21.6. The van der Waals surface area contributed by atoms with E-state index >= 15 is 0 Å². The third-order valence-corrected chi connectivity index (χ3v) is 7.21. The van der Waals surface area contributed by atoms with Crippen molar-refractivity contribution in [2.24, 2.45) is 0 Å². The number of likely N-dealkylation sites (N-methyl/N-ethyl adjacent to an activating group) is 1. The van der Waals surface area contributed by atoms with Gasteiger partial charge in [-0.15, -0.1) is 0 Å². The van der Waals surface area contributed by atoms with Gasteiger partial charge >= 0.3 is 5.97 Å². The molecule has 1 aliphatic heterocycles. The number of imidazole rings is 1. The second-order valence-corrected chi connectivity index (χ2v) is 9.53. The van der Waals surface area contributed by atoms with Crippen LogP contribution in [-0.2, 0) is 9.53 Å². The van der Waals surface area contributed by atoms with E-state index in [0.29, 0.717) is 59.5 Å². The zero-order valence-electron chi connectivity index (χ0n) is 20.0. The molecule has 1 saturated heterocycles. The first kappa shape index (κ1) is 24.5. The quantitative estimate of drug-likeness (QED) is 0.358. The van der Waals surface area contributed by atoms with Gasteiger partial charge in [-0.05, 0) is 55.8 Å². The van der Waals surface area contributed by atoms with E-state index in [4.69, 9.17) is 32.9 Å². The van der Waals surface area contributed by atoms with Crippen LogP contribution in [0.1, 0.15) is 19.8 Å². The Bertz CT molecular complexity index is 1400. The summed E-state index contributed by atoms with van der Waals surface area (Å²) in [5.41, 5.74) is 2.27. The maximum atomic E-state index is 12.6. The molecule has 0 atom stereocenters. The van der Waals surface area contributed by atoms with Crippen LogP contribution in [0.2, 0.25) is 10.0 Å². The number of fused-ring (bicyclic) bond motifs is 1. The van der Waals surface area contributed by atoms with Gasteiger partial charge in [-0.25, -0.2) is 15.0 Å². The number of rotatable bonds is 6. The minimum absolute atomic E-state index is 0.232. The predicted octanol–water partition coefficient (Wildman–Crippen LogP) is 4.91. The lowest BCUT2D eigenvalue weighted by Crippen LogP contribution is -2.59. The van der Waals surface area contributed by atoms with Gasteiger partial charge < -0.3 is 15.0 Å². The van der Waals surface area contributed by atoms with Crippen LogP contribution in [0.4, 0.5) is 5.82 Å². The van der Waals surface area contributed by atoms with Gasteiger partial charge in [-0.2, -0.15) is 0 Å². The minimum Gasteiger partial charge on any atom is -0.468 e. The summed E-state index contributed by atoms with van der Waals surface area (Å²) < 4.78 is 7.08. The summed E-state index contributed by atoms with van der Waals surface area (Å²) in [6.45, 7) is 3.90. The molecule has 8 nitrogen and oxygen atoms in total. The van der Waals surface area contributed by atoms with Crippen LogP contribution < -0.4 is 10.2 Å². The molecular formula is C26H26Cl2N6O2. The number of benzene rings is 2. The summed E-state index contributed by atoms with van der Waals surface area (Å²) in [6.07, 6.45) is 2.73. The van der Waals surface area contributed by atoms with E-state index in [2.05, 4.69) is 20.2 Å². The molecule has 1 N–H and O–H groups in total. The van der Waals surface area contributed by atoms with Gasteiger partial charge in [0.15, 0.2) is 17.0 Å². The molecule has 0 aliphatic carbocycles. The van der Waals surface area contributed by atoms with E-state index in [1.54, 1.807) is 6.33 Å². The van der Waals surface area contributed by atoms with Crippen molar-refractivity contribution < 1.29 is 9.53 Å². The summed E-state index contributed by atoms with van der Waals surface area (Å²) in [5, 5.41) is 4.57. The molecule has 4 aromatic rings. The van der Waals surface area contributed by atoms with E-state index in [0.717, 1.165) is 17.1 Å². The highest BCUT2D eigenvalue weighted by Crippen LogP contribution is 2.36. The molecule has 3 heterocycles. The van der Waals surface area contributed by atoms with Crippen LogP contribution in [0.3, 0.4) is 0 Å². The molecule has 2 aromatic heterocycles. The molecule has 186 valence electrons. The molecule has 5 rings (SSSR count). The number of nitrogens with one attached hydrogen (secondary N) is 1. The average Bonchev–Trinajstić information content (AvgIpc) is 3.29. The zero-order chi connectivity index (χ0) is 25.3. The Morgan fingerprint density at radius 2 is 1.81 bits per heavy atom. The average molecular weight is 525 g/mol. The van der Waals surface area contributed by atoms with Crippen molar-refractivity contribution in [1.29, 1.82) is 0 Å². The van der Waals surface area contributed by atoms with Crippen LogP contribution in [0, 0.1) is 0 Å². The van der Waals surface area contributed by atoms with Crippen molar-refractivity contribution in [1.82, 2.24) is 24.8 Å². The molecule has 10 heteroatoms. The highest BCUT2D eigenvalue weighted by Gasteiger charge is 2.42. The normalized spacial score (nSPS) is 15.3. The molecule has 1 fully saturated rings. The molecule has 0 spiro atoms. The van der Waals surface area contributed by atoms with Crippen molar-refractivity contribution in [2.45, 2.75) is 25.3 Å². The number of anilines is 1. The van der Waals surface area contributed by atoms with Gasteiger partial charge in [0, 0.05) is 29.4 Å². The highest BCUT2D eigenvalue weighted by molar-refractivity contribution is 6.33. The summed E-state index contributed by atoms with van der Waals surface area (Å²) in [4.78, 5) is 29.0. The van der Waals surface area contributed by atoms with E-state index in [9.17, 15) is 4.79 Å². The Balaban J connectivity index is 1.61. The van der Waals surface area contributed by atoms with Crippen molar-refractivity contribution in [3.05, 3.63) is 64.9 Å². The Kier molecular flexibility index (Phi) is 6.83. The number of hydrogen-bond acceptors (Lipinski definition) is 7. The molecule has 0 bridgehead atoms. The maximum Gasteiger partial charge on any atom is 0.326 e. The largest absolute Gasteiger partial charge is 0.468 e. The molecule has 0 saturated carbocycles. The predicted molar refractivity (Wildman–Crippen MR) is 142 cm³/mol. The first-order chi connectivity index (χ1) is 17.5. The number of nitrogens with zero attached hydrogens (tertiary/aromatic N) is 5. The molecule has 0 radical (unpaired) electrons. The molecule has 1 aliphatic rings. The SMILES string of the molecule is CCNC1(C(=O)OC)CCN(c2ncnc3c2nc(-c2ccccc2Cl)n3-c2ccc(Cl)cc2)CC1. The first-order valence-electron chi connectivity index (χ1n) is 11.8. The molecule has 0 amide bonds. The molecular weight excluding hydrogens is 499 g/mol. The van der Waals surface area contributed by atoms with Crippen molar-refractivity contribution in [3.8, 4) is 17.1 Å². The van der Waals surface area contributed by atoms with E-state index < -0.39 is 5.54 Å². The van der Waals surface area contributed by atoms with Crippen LogP contribution in [-0.4, -0.2) is 57.8 Å². The van der Waals surface area contributed by atoms with Crippen LogP contribution >= 0.6 is 23.2 Å². The minimum atomic E-state index is -0.697. The second-order valence-electron chi connectivity index (χ2n) is 8.69. The highest BCUT2D eigenvalue weighted by atomic mass is 35.5. The van der Waals surface area contributed by atoms with Crippen LogP contribution in [0.15, 0.2) is 54.9 Å². The van der Waals surface area contributed by atoms with Crippen molar-refractivity contribution in [3.63, 3.8) is 0 Å². The van der Waals surface area contributed by atoms with Gasteiger partial charge in [0.1, 0.15) is 17.7 Å². The van der Waals surface area contributed by atoms with Gasteiger partial charge in [-0.1, -0.05) is 42.3 Å². The van der Waals surface area contributed by atoms with Gasteiger partial charge in [-0.3, -0.25) is 9.36 Å². The number of carbonyl (C=O) groups excluding carboxylic acids is 1. The van der Waals surface area contributed by atoms with Crippen molar-refractivity contribution in [2.75, 3.05) is 31.6 Å². The molecule has 36 heavy (non-hydrogen) atoms. The number of piperidine rings is 1. The number of aromatic nitrogens is 4. The number of esters is 1. The van der Waals surface area contributed by atoms with E-state index in [1.807, 2.05) is 60.0 Å².